The van der Waals surface area contributed by atoms with Crippen molar-refractivity contribution >= 4 is 17.5 Å². The molecule has 1 aliphatic heterocycles. The van der Waals surface area contributed by atoms with E-state index >= 15 is 0 Å². The summed E-state index contributed by atoms with van der Waals surface area (Å²) in [5.74, 6) is -0.844. The number of ether oxygens (including phenoxy) is 1. The minimum atomic E-state index is -0.646. The van der Waals surface area contributed by atoms with Gasteiger partial charge in [0.05, 0.1) is 0 Å². The predicted octanol–water partition coefficient (Wildman–Crippen LogP) is 3.61. The summed E-state index contributed by atoms with van der Waals surface area (Å²) in [4.78, 5) is 24.7. The molecule has 1 saturated heterocycles. The summed E-state index contributed by atoms with van der Waals surface area (Å²) in [5.41, 5.74) is 2.78. The molecular weight excluding hydrogens is 352 g/mol. The second kappa shape index (κ2) is 9.02. The van der Waals surface area contributed by atoms with E-state index in [0.29, 0.717) is 31.4 Å². The zero-order valence-corrected chi connectivity index (χ0v) is 16.5. The number of carbonyl (C=O) groups is 2. The Balaban J connectivity index is 1.62. The SMILES string of the molecule is CC(C)c1ccc(NC(=O)C(=O)NCC2(c3ccccc3)CCOCC2)cc1. The van der Waals surface area contributed by atoms with Gasteiger partial charge in [-0.2, -0.15) is 0 Å². The van der Waals surface area contributed by atoms with Crippen LogP contribution in [0, 0.1) is 0 Å². The summed E-state index contributed by atoms with van der Waals surface area (Å²) in [6, 6.07) is 17.7. The molecule has 3 rings (SSSR count). The number of amides is 2. The molecule has 2 aromatic carbocycles. The van der Waals surface area contributed by atoms with Gasteiger partial charge in [-0.25, -0.2) is 0 Å². The van der Waals surface area contributed by atoms with Gasteiger partial charge in [0.15, 0.2) is 0 Å². The maximum absolute atomic E-state index is 12.4. The fourth-order valence-corrected chi connectivity index (χ4v) is 3.59. The Kier molecular flexibility index (Phi) is 6.47. The first-order valence-corrected chi connectivity index (χ1v) is 9.83. The number of nitrogens with one attached hydrogen (secondary N) is 2. The van der Waals surface area contributed by atoms with Crippen molar-refractivity contribution in [1.29, 1.82) is 0 Å². The van der Waals surface area contributed by atoms with Gasteiger partial charge in [0.1, 0.15) is 0 Å². The number of hydrogen-bond acceptors (Lipinski definition) is 3. The Hall–Kier alpha value is -2.66. The summed E-state index contributed by atoms with van der Waals surface area (Å²) < 4.78 is 5.51. The second-order valence-corrected chi connectivity index (χ2v) is 7.67. The molecule has 1 aliphatic rings. The molecule has 2 amide bonds. The molecule has 1 fully saturated rings. The van der Waals surface area contributed by atoms with Gasteiger partial charge in [-0.3, -0.25) is 9.59 Å². The molecule has 0 saturated carbocycles. The standard InChI is InChI=1S/C23H28N2O3/c1-17(2)18-8-10-20(11-9-18)25-22(27)21(26)24-16-23(12-14-28-15-13-23)19-6-4-3-5-7-19/h3-11,17H,12-16H2,1-2H3,(H,24,26)(H,25,27). The predicted molar refractivity (Wildman–Crippen MR) is 110 cm³/mol. The zero-order chi connectivity index (χ0) is 20.0. The lowest BCUT2D eigenvalue weighted by atomic mass is 9.74. The Morgan fingerprint density at radius 2 is 1.61 bits per heavy atom. The van der Waals surface area contributed by atoms with E-state index in [4.69, 9.17) is 4.74 Å². The first-order valence-electron chi connectivity index (χ1n) is 9.83. The molecule has 0 unspecified atom stereocenters. The normalized spacial score (nSPS) is 15.8. The van der Waals surface area contributed by atoms with Gasteiger partial charge >= 0.3 is 11.8 Å². The molecule has 0 aliphatic carbocycles. The molecule has 0 radical (unpaired) electrons. The largest absolute Gasteiger partial charge is 0.381 e. The molecular formula is C23H28N2O3. The topological polar surface area (TPSA) is 67.4 Å². The molecule has 28 heavy (non-hydrogen) atoms. The molecule has 0 bridgehead atoms. The van der Waals surface area contributed by atoms with Crippen LogP contribution in [0.1, 0.15) is 43.7 Å². The van der Waals surface area contributed by atoms with Gasteiger partial charge in [0.2, 0.25) is 0 Å². The highest BCUT2D eigenvalue weighted by molar-refractivity contribution is 6.39. The van der Waals surface area contributed by atoms with Crippen molar-refractivity contribution in [2.75, 3.05) is 25.1 Å². The van der Waals surface area contributed by atoms with Crippen molar-refractivity contribution in [3.63, 3.8) is 0 Å². The highest BCUT2D eigenvalue weighted by atomic mass is 16.5. The van der Waals surface area contributed by atoms with Gasteiger partial charge in [-0.05, 0) is 42.0 Å². The highest BCUT2D eigenvalue weighted by Gasteiger charge is 2.35. The van der Waals surface area contributed by atoms with Crippen LogP contribution in [0.5, 0.6) is 0 Å². The van der Waals surface area contributed by atoms with Gasteiger partial charge in [0, 0.05) is 30.9 Å². The molecule has 2 N–H and O–H groups in total. The van der Waals surface area contributed by atoms with E-state index in [9.17, 15) is 9.59 Å². The first-order chi connectivity index (χ1) is 13.5. The third kappa shape index (κ3) is 4.78. The Labute approximate surface area is 166 Å². The molecule has 5 nitrogen and oxygen atoms in total. The van der Waals surface area contributed by atoms with Crippen molar-refractivity contribution in [2.24, 2.45) is 0 Å². The summed E-state index contributed by atoms with van der Waals surface area (Å²) in [6.07, 6.45) is 1.63. The van der Waals surface area contributed by atoms with E-state index in [1.807, 2.05) is 42.5 Å². The van der Waals surface area contributed by atoms with Crippen molar-refractivity contribution in [1.82, 2.24) is 5.32 Å². The van der Waals surface area contributed by atoms with Crippen molar-refractivity contribution in [2.45, 2.75) is 38.0 Å². The van der Waals surface area contributed by atoms with Crippen LogP contribution in [0.15, 0.2) is 54.6 Å². The van der Waals surface area contributed by atoms with Crippen molar-refractivity contribution in [3.05, 3.63) is 65.7 Å². The molecule has 0 atom stereocenters. The van der Waals surface area contributed by atoms with Gasteiger partial charge in [-0.15, -0.1) is 0 Å². The summed E-state index contributed by atoms with van der Waals surface area (Å²) >= 11 is 0. The smallest absolute Gasteiger partial charge is 0.313 e. The van der Waals surface area contributed by atoms with Crippen LogP contribution in [0.2, 0.25) is 0 Å². The lowest BCUT2D eigenvalue weighted by molar-refractivity contribution is -0.136. The minimum absolute atomic E-state index is 0.200. The third-order valence-corrected chi connectivity index (χ3v) is 5.46. The van der Waals surface area contributed by atoms with Crippen molar-refractivity contribution in [3.8, 4) is 0 Å². The number of hydrogen-bond donors (Lipinski definition) is 2. The molecule has 1 heterocycles. The second-order valence-electron chi connectivity index (χ2n) is 7.67. The van der Waals surface area contributed by atoms with Crippen LogP contribution in [0.3, 0.4) is 0 Å². The Morgan fingerprint density at radius 3 is 2.21 bits per heavy atom. The molecule has 0 aromatic heterocycles. The van der Waals surface area contributed by atoms with Crippen LogP contribution < -0.4 is 10.6 Å². The van der Waals surface area contributed by atoms with Crippen LogP contribution in [0.4, 0.5) is 5.69 Å². The number of benzene rings is 2. The van der Waals surface area contributed by atoms with Crippen LogP contribution in [0.25, 0.3) is 0 Å². The summed E-state index contributed by atoms with van der Waals surface area (Å²) in [7, 11) is 0. The van der Waals surface area contributed by atoms with Crippen LogP contribution in [-0.2, 0) is 19.7 Å². The fourth-order valence-electron chi connectivity index (χ4n) is 3.59. The average molecular weight is 380 g/mol. The summed E-state index contributed by atoms with van der Waals surface area (Å²) in [5, 5.41) is 5.51. The van der Waals surface area contributed by atoms with Crippen LogP contribution in [-0.4, -0.2) is 31.6 Å². The van der Waals surface area contributed by atoms with Gasteiger partial charge in [0.25, 0.3) is 0 Å². The summed E-state index contributed by atoms with van der Waals surface area (Å²) in [6.45, 7) is 5.94. The van der Waals surface area contributed by atoms with Gasteiger partial charge < -0.3 is 15.4 Å². The quantitative estimate of drug-likeness (QED) is 0.779. The van der Waals surface area contributed by atoms with E-state index in [1.165, 1.54) is 11.1 Å². The van der Waals surface area contributed by atoms with E-state index in [2.05, 4.69) is 36.6 Å². The average Bonchev–Trinajstić information content (AvgIpc) is 2.73. The number of rotatable bonds is 5. The molecule has 2 aromatic rings. The van der Waals surface area contributed by atoms with Crippen molar-refractivity contribution < 1.29 is 14.3 Å². The minimum Gasteiger partial charge on any atom is -0.381 e. The highest BCUT2D eigenvalue weighted by Crippen LogP contribution is 2.34. The number of anilines is 1. The molecule has 148 valence electrons. The van der Waals surface area contributed by atoms with E-state index in [-0.39, 0.29) is 5.41 Å². The lowest BCUT2D eigenvalue weighted by Crippen LogP contribution is -2.47. The number of carbonyl (C=O) groups excluding carboxylic acids is 2. The maximum Gasteiger partial charge on any atom is 0.313 e. The monoisotopic (exact) mass is 380 g/mol. The lowest BCUT2D eigenvalue weighted by Gasteiger charge is -2.37. The van der Waals surface area contributed by atoms with Crippen LogP contribution >= 0.6 is 0 Å². The van der Waals surface area contributed by atoms with E-state index < -0.39 is 11.8 Å². The first kappa shape index (κ1) is 20.1. The van der Waals surface area contributed by atoms with E-state index in [0.717, 1.165) is 12.8 Å². The molecule has 5 heteroatoms. The fraction of sp³-hybridized carbons (Fsp3) is 0.391. The van der Waals surface area contributed by atoms with E-state index in [1.54, 1.807) is 0 Å². The zero-order valence-electron chi connectivity index (χ0n) is 16.5. The third-order valence-electron chi connectivity index (χ3n) is 5.46. The maximum atomic E-state index is 12.4. The molecule has 0 spiro atoms. The Morgan fingerprint density at radius 1 is 0.964 bits per heavy atom. The van der Waals surface area contributed by atoms with Gasteiger partial charge in [-0.1, -0.05) is 56.3 Å². The Bertz CT molecular complexity index is 794.